The zero-order chi connectivity index (χ0) is 16.2. The Hall–Kier alpha value is -0.620. The maximum atomic E-state index is 12.9. The topological polar surface area (TPSA) is 66.5 Å². The van der Waals surface area contributed by atoms with E-state index in [1.165, 1.54) is 38.4 Å². The van der Waals surface area contributed by atoms with Gasteiger partial charge in [0.05, 0.1) is 0 Å². The van der Waals surface area contributed by atoms with E-state index in [2.05, 4.69) is 5.32 Å². The number of carbonyl (C=O) groups excluding carboxylic acids is 1. The number of sulfone groups is 1. The number of nitrogens with zero attached hydrogens (tertiary/aromatic N) is 1. The molecule has 0 atom stereocenters. The molecule has 1 aliphatic heterocycles. The van der Waals surface area contributed by atoms with E-state index in [4.69, 9.17) is 0 Å². The van der Waals surface area contributed by atoms with E-state index >= 15 is 0 Å². The zero-order valence-corrected chi connectivity index (χ0v) is 14.8. The number of nitrogens with one attached hydrogen (secondary N) is 1. The van der Waals surface area contributed by atoms with Gasteiger partial charge in [0.25, 0.3) is 0 Å². The van der Waals surface area contributed by atoms with Gasteiger partial charge < -0.3 is 10.2 Å². The summed E-state index contributed by atoms with van der Waals surface area (Å²) in [5, 5.41) is 3.15. The van der Waals surface area contributed by atoms with Gasteiger partial charge in [-0.1, -0.05) is 32.1 Å². The number of hydrogen-bond donors (Lipinski definition) is 1. The molecule has 0 radical (unpaired) electrons. The Morgan fingerprint density at radius 2 is 1.77 bits per heavy atom. The van der Waals surface area contributed by atoms with E-state index in [1.807, 2.05) is 0 Å². The standard InChI is InChI=1S/C16H30N2O3S/c1-18(13-8-14-6-4-3-5-7-14)15(19)16(22(2,20)21)9-11-17-12-10-16/h14,17H,3-13H2,1-2H3. The molecule has 2 rings (SSSR count). The molecule has 6 heteroatoms. The van der Waals surface area contributed by atoms with Gasteiger partial charge in [-0.05, 0) is 38.3 Å². The van der Waals surface area contributed by atoms with Crippen LogP contribution in [0.15, 0.2) is 0 Å². The molecule has 2 aliphatic rings. The van der Waals surface area contributed by atoms with Gasteiger partial charge in [0, 0.05) is 19.8 Å². The maximum absolute atomic E-state index is 12.9. The van der Waals surface area contributed by atoms with Crippen molar-refractivity contribution in [3.05, 3.63) is 0 Å². The Labute approximate surface area is 134 Å². The lowest BCUT2D eigenvalue weighted by molar-refractivity contribution is -0.133. The predicted molar refractivity (Wildman–Crippen MR) is 88.5 cm³/mol. The first-order valence-electron chi connectivity index (χ1n) is 8.53. The third-order valence-electron chi connectivity index (χ3n) is 5.45. The molecule has 0 bridgehead atoms. The van der Waals surface area contributed by atoms with Crippen molar-refractivity contribution in [1.29, 1.82) is 0 Å². The summed E-state index contributed by atoms with van der Waals surface area (Å²) in [5.74, 6) is 0.499. The van der Waals surface area contributed by atoms with Gasteiger partial charge in [-0.15, -0.1) is 0 Å². The molecule has 2 fully saturated rings. The van der Waals surface area contributed by atoms with Crippen LogP contribution in [0.2, 0.25) is 0 Å². The van der Waals surface area contributed by atoms with Crippen molar-refractivity contribution in [1.82, 2.24) is 10.2 Å². The third-order valence-corrected chi connectivity index (χ3v) is 7.46. The summed E-state index contributed by atoms with van der Waals surface area (Å²) in [6, 6.07) is 0. The molecule has 128 valence electrons. The Morgan fingerprint density at radius 1 is 1.18 bits per heavy atom. The molecule has 0 aromatic rings. The van der Waals surface area contributed by atoms with E-state index in [0.717, 1.165) is 6.42 Å². The van der Waals surface area contributed by atoms with Crippen LogP contribution in [-0.2, 0) is 14.6 Å². The predicted octanol–water partition coefficient (Wildman–Crippen LogP) is 1.58. The Bertz CT molecular complexity index is 478. The minimum Gasteiger partial charge on any atom is -0.344 e. The Kier molecular flexibility index (Phi) is 5.88. The first-order valence-corrected chi connectivity index (χ1v) is 10.4. The summed E-state index contributed by atoms with van der Waals surface area (Å²) in [7, 11) is -1.64. The molecule has 1 aliphatic carbocycles. The van der Waals surface area contributed by atoms with Crippen LogP contribution >= 0.6 is 0 Å². The molecule has 5 nitrogen and oxygen atoms in total. The van der Waals surface area contributed by atoms with Gasteiger partial charge in [0.2, 0.25) is 5.91 Å². The molecule has 0 aromatic heterocycles. The van der Waals surface area contributed by atoms with Gasteiger partial charge in [-0.2, -0.15) is 0 Å². The first kappa shape index (κ1) is 17.7. The molecular formula is C16H30N2O3S. The number of amides is 1. The monoisotopic (exact) mass is 330 g/mol. The SMILES string of the molecule is CN(CCC1CCCCC1)C(=O)C1(S(C)(=O)=O)CCNCC1. The van der Waals surface area contributed by atoms with Crippen molar-refractivity contribution in [2.24, 2.45) is 5.92 Å². The van der Waals surface area contributed by atoms with E-state index in [-0.39, 0.29) is 5.91 Å². The van der Waals surface area contributed by atoms with Crippen LogP contribution in [0, 0.1) is 5.92 Å². The highest BCUT2D eigenvalue weighted by Gasteiger charge is 2.49. The lowest BCUT2D eigenvalue weighted by atomic mass is 9.87. The second-order valence-electron chi connectivity index (χ2n) is 7.04. The molecule has 1 saturated heterocycles. The van der Waals surface area contributed by atoms with Gasteiger partial charge in [0.15, 0.2) is 14.6 Å². The van der Waals surface area contributed by atoms with Gasteiger partial charge in [-0.25, -0.2) is 8.42 Å². The largest absolute Gasteiger partial charge is 0.344 e. The molecule has 1 heterocycles. The van der Waals surface area contributed by atoms with Crippen LogP contribution in [0.5, 0.6) is 0 Å². The fourth-order valence-electron chi connectivity index (χ4n) is 3.88. The fourth-order valence-corrected chi connectivity index (χ4v) is 5.29. The van der Waals surface area contributed by atoms with E-state index in [0.29, 0.717) is 38.4 Å². The lowest BCUT2D eigenvalue weighted by Crippen LogP contribution is -2.57. The average molecular weight is 330 g/mol. The van der Waals surface area contributed by atoms with Crippen molar-refractivity contribution in [3.63, 3.8) is 0 Å². The summed E-state index contributed by atoms with van der Waals surface area (Å²) in [6.07, 6.45) is 9.41. The second kappa shape index (κ2) is 7.30. The molecule has 1 N–H and O–H groups in total. The number of hydrogen-bond acceptors (Lipinski definition) is 4. The zero-order valence-electron chi connectivity index (χ0n) is 13.9. The van der Waals surface area contributed by atoms with Crippen molar-refractivity contribution < 1.29 is 13.2 Å². The van der Waals surface area contributed by atoms with Gasteiger partial charge in [-0.3, -0.25) is 4.79 Å². The van der Waals surface area contributed by atoms with Gasteiger partial charge >= 0.3 is 0 Å². The van der Waals surface area contributed by atoms with Crippen LogP contribution in [-0.4, -0.2) is 56.9 Å². The highest BCUT2D eigenvalue weighted by Crippen LogP contribution is 2.31. The van der Waals surface area contributed by atoms with Crippen molar-refractivity contribution >= 4 is 15.7 Å². The summed E-state index contributed by atoms with van der Waals surface area (Å²) in [5.41, 5.74) is 0. The summed E-state index contributed by atoms with van der Waals surface area (Å²) in [6.45, 7) is 1.86. The van der Waals surface area contributed by atoms with Crippen LogP contribution in [0.25, 0.3) is 0 Å². The first-order chi connectivity index (χ1) is 10.4. The smallest absolute Gasteiger partial charge is 0.243 e. The third kappa shape index (κ3) is 3.82. The molecule has 0 aromatic carbocycles. The van der Waals surface area contributed by atoms with Crippen molar-refractivity contribution in [2.45, 2.75) is 56.1 Å². The van der Waals surface area contributed by atoms with Crippen molar-refractivity contribution in [3.8, 4) is 0 Å². The number of piperidine rings is 1. The van der Waals surface area contributed by atoms with Crippen LogP contribution < -0.4 is 5.32 Å². The Balaban J connectivity index is 2.00. The minimum absolute atomic E-state index is 0.202. The maximum Gasteiger partial charge on any atom is 0.243 e. The fraction of sp³-hybridized carbons (Fsp3) is 0.938. The van der Waals surface area contributed by atoms with E-state index in [9.17, 15) is 13.2 Å². The quantitative estimate of drug-likeness (QED) is 0.831. The minimum atomic E-state index is -3.41. The highest BCUT2D eigenvalue weighted by atomic mass is 32.2. The summed E-state index contributed by atoms with van der Waals surface area (Å²) in [4.78, 5) is 14.5. The van der Waals surface area contributed by atoms with Crippen LogP contribution in [0.3, 0.4) is 0 Å². The van der Waals surface area contributed by atoms with E-state index in [1.54, 1.807) is 11.9 Å². The number of rotatable bonds is 5. The van der Waals surface area contributed by atoms with Gasteiger partial charge in [0.1, 0.15) is 0 Å². The molecule has 22 heavy (non-hydrogen) atoms. The molecule has 1 amide bonds. The molecule has 1 saturated carbocycles. The number of carbonyl (C=O) groups is 1. The van der Waals surface area contributed by atoms with Crippen LogP contribution in [0.4, 0.5) is 0 Å². The summed E-state index contributed by atoms with van der Waals surface area (Å²) >= 11 is 0. The average Bonchev–Trinajstić information content (AvgIpc) is 2.52. The molecule has 0 spiro atoms. The van der Waals surface area contributed by atoms with Crippen molar-refractivity contribution in [2.75, 3.05) is 32.9 Å². The molecule has 0 unspecified atom stereocenters. The second-order valence-corrected chi connectivity index (χ2v) is 9.36. The normalized spacial score (nSPS) is 23.2. The van der Waals surface area contributed by atoms with Crippen LogP contribution in [0.1, 0.15) is 51.4 Å². The van der Waals surface area contributed by atoms with E-state index < -0.39 is 14.6 Å². The highest BCUT2D eigenvalue weighted by molar-refractivity contribution is 7.92. The lowest BCUT2D eigenvalue weighted by Gasteiger charge is -2.37. The summed E-state index contributed by atoms with van der Waals surface area (Å²) < 4.78 is 23.4. The Morgan fingerprint density at radius 3 is 2.32 bits per heavy atom. The molecular weight excluding hydrogens is 300 g/mol.